The Labute approximate surface area is 169 Å². The molecule has 0 heterocycles. The van der Waals surface area contributed by atoms with Gasteiger partial charge in [0.2, 0.25) is 0 Å². The van der Waals surface area contributed by atoms with E-state index in [0.717, 1.165) is 18.9 Å². The number of ether oxygens (including phenoxy) is 1. The van der Waals surface area contributed by atoms with Crippen molar-refractivity contribution in [3.63, 3.8) is 0 Å². The summed E-state index contributed by atoms with van der Waals surface area (Å²) < 4.78 is 18.5. The third-order valence-corrected chi connectivity index (χ3v) is 14.1. The molecule has 1 aliphatic rings. The fourth-order valence-electron chi connectivity index (χ4n) is 3.73. The molecule has 158 valence electrons. The van der Waals surface area contributed by atoms with Gasteiger partial charge in [-0.25, -0.2) is 4.79 Å². The third kappa shape index (κ3) is 9.67. The van der Waals surface area contributed by atoms with E-state index < -0.39 is 43.4 Å². The minimum absolute atomic E-state index is 0.373. The number of carbonyl (C=O) groups is 1. The Morgan fingerprint density at radius 2 is 1.56 bits per heavy atom. The molecule has 0 aromatic rings. The first-order valence-electron chi connectivity index (χ1n) is 10.1. The third-order valence-electron chi connectivity index (χ3n) is 4.52. The van der Waals surface area contributed by atoms with E-state index in [4.69, 9.17) is 13.0 Å². The van der Waals surface area contributed by atoms with Crippen molar-refractivity contribution < 1.29 is 22.9 Å². The molecule has 27 heavy (non-hydrogen) atoms. The topological polar surface area (TPSA) is 65.0 Å². The number of esters is 1. The Morgan fingerprint density at radius 3 is 1.96 bits per heavy atom. The van der Waals surface area contributed by atoms with Gasteiger partial charge in [-0.05, 0) is 90.4 Å². The molecule has 0 radical (unpaired) electrons. The fraction of sp³-hybridized carbons (Fsp3) is 0.842. The maximum atomic E-state index is 11.7. The van der Waals surface area contributed by atoms with Crippen LogP contribution in [0.4, 0.5) is 0 Å². The van der Waals surface area contributed by atoms with Crippen LogP contribution in [0.2, 0.25) is 51.9 Å². The Bertz CT molecular complexity index is 508. The molecule has 0 saturated heterocycles. The highest BCUT2D eigenvalue weighted by Gasteiger charge is 2.41. The minimum atomic E-state index is -2.24. The van der Waals surface area contributed by atoms with Crippen LogP contribution in [0.5, 0.6) is 0 Å². The first-order chi connectivity index (χ1) is 12.1. The average molecular weight is 433 g/mol. The van der Waals surface area contributed by atoms with Crippen molar-refractivity contribution in [1.29, 1.82) is 0 Å². The van der Waals surface area contributed by atoms with Gasteiger partial charge in [0, 0.05) is 5.57 Å². The SMILES string of the molecule is C=C(C)C(=O)OC1CCC(CC[Si](C)(O[Si](C)(C)C)O[Si](C)(C)C)CC1O. The summed E-state index contributed by atoms with van der Waals surface area (Å²) in [4.78, 5) is 11.7. The van der Waals surface area contributed by atoms with Gasteiger partial charge in [-0.15, -0.1) is 0 Å². The van der Waals surface area contributed by atoms with Crippen molar-refractivity contribution >= 4 is 31.2 Å². The number of aliphatic hydroxyl groups is 1. The van der Waals surface area contributed by atoms with Crippen LogP contribution in [0, 0.1) is 5.92 Å². The second-order valence-corrected chi connectivity index (χ2v) is 22.9. The lowest BCUT2D eigenvalue weighted by atomic mass is 9.84. The van der Waals surface area contributed by atoms with Gasteiger partial charge in [0.1, 0.15) is 6.10 Å². The summed E-state index contributed by atoms with van der Waals surface area (Å²) in [5.74, 6) is 0.00614. The van der Waals surface area contributed by atoms with Crippen LogP contribution in [-0.2, 0) is 17.8 Å². The highest BCUT2D eigenvalue weighted by Crippen LogP contribution is 2.34. The van der Waals surface area contributed by atoms with Gasteiger partial charge in [-0.3, -0.25) is 0 Å². The van der Waals surface area contributed by atoms with E-state index in [1.807, 2.05) is 0 Å². The smallest absolute Gasteiger partial charge is 0.333 e. The van der Waals surface area contributed by atoms with Crippen LogP contribution in [-0.4, -0.2) is 48.5 Å². The number of carbonyl (C=O) groups excluding carboxylic acids is 1. The van der Waals surface area contributed by atoms with Crippen molar-refractivity contribution in [2.45, 2.75) is 96.7 Å². The summed E-state index contributed by atoms with van der Waals surface area (Å²) in [6.07, 6.45) is 2.30. The highest BCUT2D eigenvalue weighted by atomic mass is 28.5. The second kappa shape index (κ2) is 9.49. The molecule has 0 aromatic carbocycles. The molecule has 1 N–H and O–H groups in total. The van der Waals surface area contributed by atoms with Crippen molar-refractivity contribution in [1.82, 2.24) is 0 Å². The number of aliphatic hydroxyl groups excluding tert-OH is 1. The zero-order valence-electron chi connectivity index (χ0n) is 18.6. The zero-order valence-corrected chi connectivity index (χ0v) is 21.6. The lowest BCUT2D eigenvalue weighted by Crippen LogP contribution is -2.52. The van der Waals surface area contributed by atoms with E-state index in [2.05, 4.69) is 52.4 Å². The standard InChI is InChI=1S/C19H40O5Si3/c1-15(2)19(21)22-18-11-10-16(14-17(18)20)12-13-27(9,23-25(3,4)5)24-26(6,7)8/h16-18,20H,1,10-14H2,2-9H3. The van der Waals surface area contributed by atoms with Crippen LogP contribution >= 0.6 is 0 Å². The predicted molar refractivity (Wildman–Crippen MR) is 118 cm³/mol. The van der Waals surface area contributed by atoms with Crippen LogP contribution < -0.4 is 0 Å². The molecule has 8 heteroatoms. The normalized spacial score (nSPS) is 24.6. The molecule has 5 nitrogen and oxygen atoms in total. The minimum Gasteiger partial charge on any atom is -0.456 e. The average Bonchev–Trinajstić information content (AvgIpc) is 2.43. The maximum Gasteiger partial charge on any atom is 0.333 e. The molecule has 1 saturated carbocycles. The predicted octanol–water partition coefficient (Wildman–Crippen LogP) is 4.80. The highest BCUT2D eigenvalue weighted by molar-refractivity contribution is 6.87. The van der Waals surface area contributed by atoms with Gasteiger partial charge in [0.15, 0.2) is 16.6 Å². The quantitative estimate of drug-likeness (QED) is 0.322. The summed E-state index contributed by atoms with van der Waals surface area (Å²) in [6, 6.07) is 0.954. The van der Waals surface area contributed by atoms with E-state index >= 15 is 0 Å². The summed E-state index contributed by atoms with van der Waals surface area (Å²) in [7, 11) is -5.62. The van der Waals surface area contributed by atoms with Gasteiger partial charge in [-0.2, -0.15) is 0 Å². The van der Waals surface area contributed by atoms with Crippen molar-refractivity contribution in [3.05, 3.63) is 12.2 Å². The lowest BCUT2D eigenvalue weighted by molar-refractivity contribution is -0.154. The molecule has 0 bridgehead atoms. The molecule has 3 atom stereocenters. The molecule has 1 rings (SSSR count). The van der Waals surface area contributed by atoms with E-state index in [1.165, 1.54) is 0 Å². The van der Waals surface area contributed by atoms with Crippen molar-refractivity contribution in [2.24, 2.45) is 5.92 Å². The van der Waals surface area contributed by atoms with Crippen molar-refractivity contribution in [2.75, 3.05) is 0 Å². The van der Waals surface area contributed by atoms with E-state index in [-0.39, 0.29) is 0 Å². The Morgan fingerprint density at radius 1 is 1.04 bits per heavy atom. The fourth-order valence-corrected chi connectivity index (χ4v) is 16.4. The van der Waals surface area contributed by atoms with Crippen LogP contribution in [0.1, 0.15) is 32.6 Å². The van der Waals surface area contributed by atoms with E-state index in [1.54, 1.807) is 6.92 Å². The zero-order chi connectivity index (χ0) is 21.0. The monoisotopic (exact) mass is 432 g/mol. The maximum absolute atomic E-state index is 11.7. The summed E-state index contributed by atoms with van der Waals surface area (Å²) in [5.41, 5.74) is 0.373. The Balaban J connectivity index is 2.64. The lowest BCUT2D eigenvalue weighted by Gasteiger charge is -2.40. The molecule has 1 fully saturated rings. The molecule has 0 spiro atoms. The molecule has 1 aliphatic carbocycles. The number of hydrogen-bond acceptors (Lipinski definition) is 5. The Hall–Kier alpha value is -0.259. The van der Waals surface area contributed by atoms with Gasteiger partial charge in [-0.1, -0.05) is 6.58 Å². The molecule has 0 aliphatic heterocycles. The second-order valence-electron chi connectivity index (χ2n) is 10.1. The summed E-state index contributed by atoms with van der Waals surface area (Å²) in [6.45, 7) is 20.8. The summed E-state index contributed by atoms with van der Waals surface area (Å²) >= 11 is 0. The van der Waals surface area contributed by atoms with Crippen LogP contribution in [0.15, 0.2) is 12.2 Å². The van der Waals surface area contributed by atoms with Crippen LogP contribution in [0.25, 0.3) is 0 Å². The van der Waals surface area contributed by atoms with E-state index in [0.29, 0.717) is 24.3 Å². The van der Waals surface area contributed by atoms with Crippen LogP contribution in [0.3, 0.4) is 0 Å². The first kappa shape index (κ1) is 24.8. The Kier molecular flexibility index (Phi) is 8.71. The van der Waals surface area contributed by atoms with Gasteiger partial charge < -0.3 is 18.1 Å². The van der Waals surface area contributed by atoms with Gasteiger partial charge in [0.05, 0.1) is 6.10 Å². The largest absolute Gasteiger partial charge is 0.456 e. The number of rotatable bonds is 9. The molecular weight excluding hydrogens is 392 g/mol. The van der Waals surface area contributed by atoms with E-state index in [9.17, 15) is 9.90 Å². The molecule has 0 amide bonds. The van der Waals surface area contributed by atoms with Gasteiger partial charge in [0.25, 0.3) is 0 Å². The number of hydrogen-bond donors (Lipinski definition) is 1. The van der Waals surface area contributed by atoms with Crippen molar-refractivity contribution in [3.8, 4) is 0 Å². The molecule has 3 unspecified atom stereocenters. The molecular formula is C19H40O5Si3. The first-order valence-corrected chi connectivity index (χ1v) is 19.4. The molecule has 0 aromatic heterocycles. The summed E-state index contributed by atoms with van der Waals surface area (Å²) in [5, 5.41) is 10.4. The van der Waals surface area contributed by atoms with Gasteiger partial charge >= 0.3 is 14.5 Å².